The van der Waals surface area contributed by atoms with Crippen LogP contribution in [0.25, 0.3) is 11.2 Å². The van der Waals surface area contributed by atoms with E-state index in [0.717, 1.165) is 25.7 Å². The van der Waals surface area contributed by atoms with E-state index < -0.39 is 5.97 Å². The molecule has 3 fully saturated rings. The number of aryl methyl sites for hydroxylation is 1. The Bertz CT molecular complexity index is 769. The SMILES string of the molecule is Cn1cnc2c(NC3C4CCC(CC4)C3C(=O)O)nc(Cl)nc21. The fourth-order valence-electron chi connectivity index (χ4n) is 4.25. The highest BCUT2D eigenvalue weighted by molar-refractivity contribution is 6.28. The van der Waals surface area contributed by atoms with Crippen molar-refractivity contribution in [2.45, 2.75) is 31.7 Å². The van der Waals surface area contributed by atoms with Crippen molar-refractivity contribution in [3.05, 3.63) is 11.6 Å². The first-order valence-electron chi connectivity index (χ1n) is 7.88. The number of anilines is 1. The second-order valence-electron chi connectivity index (χ2n) is 6.58. The summed E-state index contributed by atoms with van der Waals surface area (Å²) < 4.78 is 1.77. The van der Waals surface area contributed by atoms with Crippen molar-refractivity contribution in [3.63, 3.8) is 0 Å². The second-order valence-corrected chi connectivity index (χ2v) is 6.92. The predicted molar refractivity (Wildman–Crippen MR) is 85.3 cm³/mol. The molecular weight excluding hydrogens is 318 g/mol. The van der Waals surface area contributed by atoms with E-state index in [2.05, 4.69) is 20.3 Å². The van der Waals surface area contributed by atoms with Crippen LogP contribution in [0.2, 0.25) is 5.28 Å². The van der Waals surface area contributed by atoms with Crippen LogP contribution in [0.1, 0.15) is 25.7 Å². The van der Waals surface area contributed by atoms with Crippen LogP contribution in [0.4, 0.5) is 5.82 Å². The molecule has 2 N–H and O–H groups in total. The Morgan fingerprint density at radius 2 is 2.00 bits per heavy atom. The monoisotopic (exact) mass is 335 g/mol. The highest BCUT2D eigenvalue weighted by Gasteiger charge is 2.47. The highest BCUT2D eigenvalue weighted by atomic mass is 35.5. The van der Waals surface area contributed by atoms with Crippen molar-refractivity contribution >= 4 is 34.6 Å². The number of carboxylic acids is 1. The van der Waals surface area contributed by atoms with Crippen molar-refractivity contribution < 1.29 is 9.90 Å². The van der Waals surface area contributed by atoms with Gasteiger partial charge in [0.05, 0.1) is 12.2 Å². The molecule has 0 saturated heterocycles. The zero-order valence-electron chi connectivity index (χ0n) is 12.7. The largest absolute Gasteiger partial charge is 0.481 e. The van der Waals surface area contributed by atoms with E-state index in [-0.39, 0.29) is 23.2 Å². The molecule has 2 heterocycles. The Hall–Kier alpha value is -1.89. The molecule has 0 aliphatic heterocycles. The normalized spacial score (nSPS) is 29.8. The minimum atomic E-state index is -0.727. The molecule has 3 saturated carbocycles. The first-order chi connectivity index (χ1) is 11.0. The quantitative estimate of drug-likeness (QED) is 0.836. The Balaban J connectivity index is 1.73. The summed E-state index contributed by atoms with van der Waals surface area (Å²) in [6.07, 6.45) is 5.79. The number of hydrogen-bond acceptors (Lipinski definition) is 5. The standard InChI is InChI=1S/C15H18ClN5O2/c1-21-6-17-11-12(19-15(16)20-13(11)21)18-10-8-4-2-7(3-5-8)9(10)14(22)23/h6-10H,2-5H2,1H3,(H,22,23)(H,18,19,20). The zero-order valence-corrected chi connectivity index (χ0v) is 13.5. The highest BCUT2D eigenvalue weighted by Crippen LogP contribution is 2.46. The van der Waals surface area contributed by atoms with Gasteiger partial charge in [-0.25, -0.2) is 4.98 Å². The molecule has 2 aromatic heterocycles. The number of nitrogens with zero attached hydrogens (tertiary/aromatic N) is 4. The van der Waals surface area contributed by atoms with Gasteiger partial charge < -0.3 is 15.0 Å². The van der Waals surface area contributed by atoms with Crippen molar-refractivity contribution in [2.24, 2.45) is 24.8 Å². The van der Waals surface area contributed by atoms with Crippen molar-refractivity contribution in [2.75, 3.05) is 5.32 Å². The van der Waals surface area contributed by atoms with Crippen molar-refractivity contribution in [1.29, 1.82) is 0 Å². The van der Waals surface area contributed by atoms with Crippen LogP contribution in [0.5, 0.6) is 0 Å². The van der Waals surface area contributed by atoms with Crippen LogP contribution in [-0.4, -0.2) is 36.6 Å². The van der Waals surface area contributed by atoms with Crippen molar-refractivity contribution in [3.8, 4) is 0 Å². The molecule has 8 heteroatoms. The number of carbonyl (C=O) groups is 1. The van der Waals surface area contributed by atoms with Crippen LogP contribution >= 0.6 is 11.6 Å². The average molecular weight is 336 g/mol. The molecule has 2 bridgehead atoms. The van der Waals surface area contributed by atoms with Crippen LogP contribution in [0, 0.1) is 17.8 Å². The lowest BCUT2D eigenvalue weighted by atomic mass is 9.61. The topological polar surface area (TPSA) is 92.9 Å². The number of halogens is 1. The molecule has 5 rings (SSSR count). The summed E-state index contributed by atoms with van der Waals surface area (Å²) in [4.78, 5) is 24.5. The van der Waals surface area contributed by atoms with Gasteiger partial charge in [-0.15, -0.1) is 0 Å². The number of hydrogen-bond donors (Lipinski definition) is 2. The third-order valence-electron chi connectivity index (χ3n) is 5.34. The lowest BCUT2D eigenvalue weighted by Crippen LogP contribution is -2.51. The van der Waals surface area contributed by atoms with Gasteiger partial charge in [0.2, 0.25) is 5.28 Å². The van der Waals surface area contributed by atoms with E-state index in [1.807, 2.05) is 7.05 Å². The molecule has 3 aliphatic rings. The average Bonchev–Trinajstić information content (AvgIpc) is 2.89. The number of nitrogens with one attached hydrogen (secondary N) is 1. The van der Waals surface area contributed by atoms with Crippen molar-refractivity contribution in [1.82, 2.24) is 19.5 Å². The lowest BCUT2D eigenvalue weighted by Gasteiger charge is -2.47. The summed E-state index contributed by atoms with van der Waals surface area (Å²) in [6, 6.07) is -0.129. The molecule has 2 aromatic rings. The molecule has 0 aromatic carbocycles. The summed E-state index contributed by atoms with van der Waals surface area (Å²) in [6.45, 7) is 0. The molecule has 122 valence electrons. The van der Waals surface area contributed by atoms with E-state index in [4.69, 9.17) is 11.6 Å². The molecule has 2 unspecified atom stereocenters. The molecule has 0 spiro atoms. The fourth-order valence-corrected chi connectivity index (χ4v) is 4.42. The van der Waals surface area contributed by atoms with Gasteiger partial charge in [0, 0.05) is 13.1 Å². The number of rotatable bonds is 3. The van der Waals surface area contributed by atoms with Gasteiger partial charge in [-0.3, -0.25) is 4.79 Å². The maximum atomic E-state index is 11.8. The lowest BCUT2D eigenvalue weighted by molar-refractivity contribution is -0.148. The van der Waals surface area contributed by atoms with E-state index >= 15 is 0 Å². The third kappa shape index (κ3) is 2.34. The smallest absolute Gasteiger partial charge is 0.308 e. The maximum absolute atomic E-state index is 11.8. The fraction of sp³-hybridized carbons (Fsp3) is 0.600. The van der Waals surface area contributed by atoms with Gasteiger partial charge >= 0.3 is 5.97 Å². The van der Waals surface area contributed by atoms with Gasteiger partial charge in [-0.05, 0) is 49.1 Å². The second kappa shape index (κ2) is 5.33. The number of aromatic nitrogens is 4. The van der Waals surface area contributed by atoms with Crippen LogP contribution < -0.4 is 5.32 Å². The van der Waals surface area contributed by atoms with E-state index in [0.29, 0.717) is 22.9 Å². The van der Waals surface area contributed by atoms with Gasteiger partial charge in [0.25, 0.3) is 0 Å². The van der Waals surface area contributed by atoms with Crippen LogP contribution in [-0.2, 0) is 11.8 Å². The first kappa shape index (κ1) is 14.7. The summed E-state index contributed by atoms with van der Waals surface area (Å²) >= 11 is 6.03. The molecule has 3 aliphatic carbocycles. The number of fused-ring (bicyclic) bond motifs is 4. The van der Waals surface area contributed by atoms with Gasteiger partial charge in [-0.2, -0.15) is 9.97 Å². The summed E-state index contributed by atoms with van der Waals surface area (Å²) in [5, 5.41) is 13.1. The maximum Gasteiger partial charge on any atom is 0.308 e. The summed E-state index contributed by atoms with van der Waals surface area (Å²) in [7, 11) is 1.84. The van der Waals surface area contributed by atoms with Gasteiger partial charge in [-0.1, -0.05) is 0 Å². The molecule has 23 heavy (non-hydrogen) atoms. The van der Waals surface area contributed by atoms with Gasteiger partial charge in [0.15, 0.2) is 17.0 Å². The Labute approximate surface area is 138 Å². The number of carboxylic acid groups (broad SMARTS) is 1. The van der Waals surface area contributed by atoms with E-state index in [9.17, 15) is 9.90 Å². The Morgan fingerprint density at radius 1 is 1.30 bits per heavy atom. The van der Waals surface area contributed by atoms with Crippen LogP contribution in [0.15, 0.2) is 6.33 Å². The van der Waals surface area contributed by atoms with Gasteiger partial charge in [0.1, 0.15) is 0 Å². The van der Waals surface area contributed by atoms with Crippen LogP contribution in [0.3, 0.4) is 0 Å². The first-order valence-corrected chi connectivity index (χ1v) is 8.26. The molecule has 2 atom stereocenters. The number of imidazole rings is 1. The molecule has 0 amide bonds. The van der Waals surface area contributed by atoms with E-state index in [1.165, 1.54) is 0 Å². The molecule has 0 radical (unpaired) electrons. The number of aliphatic carboxylic acids is 1. The Morgan fingerprint density at radius 3 is 2.70 bits per heavy atom. The molecule has 7 nitrogen and oxygen atoms in total. The third-order valence-corrected chi connectivity index (χ3v) is 5.51. The molecular formula is C15H18ClN5O2. The predicted octanol–water partition coefficient (Wildman–Crippen LogP) is 2.32. The zero-order chi connectivity index (χ0) is 16.1. The Kier molecular flexibility index (Phi) is 3.41. The van der Waals surface area contributed by atoms with E-state index in [1.54, 1.807) is 10.9 Å². The minimum Gasteiger partial charge on any atom is -0.481 e. The summed E-state index contributed by atoms with van der Waals surface area (Å²) in [5.74, 6) is 0.0221. The summed E-state index contributed by atoms with van der Waals surface area (Å²) in [5.41, 5.74) is 1.27. The minimum absolute atomic E-state index is 0.129.